The van der Waals surface area contributed by atoms with Crippen LogP contribution in [0.1, 0.15) is 19.8 Å². The van der Waals surface area contributed by atoms with Crippen LogP contribution >= 0.6 is 22.6 Å². The molecule has 8 nitrogen and oxygen atoms in total. The highest BCUT2D eigenvalue weighted by molar-refractivity contribution is 14.1. The quantitative estimate of drug-likeness (QED) is 0.299. The maximum absolute atomic E-state index is 10.9. The summed E-state index contributed by atoms with van der Waals surface area (Å²) in [5.41, 5.74) is 1.06. The van der Waals surface area contributed by atoms with Crippen LogP contribution in [-0.4, -0.2) is 41.9 Å². The van der Waals surface area contributed by atoms with Crippen molar-refractivity contribution in [2.75, 3.05) is 23.7 Å². The van der Waals surface area contributed by atoms with Crippen LogP contribution in [0.15, 0.2) is 46.8 Å². The fourth-order valence-corrected chi connectivity index (χ4v) is 3.22. The number of anilines is 1. The third kappa shape index (κ3) is 7.39. The number of hydrogen-bond donors (Lipinski definition) is 2. The lowest BCUT2D eigenvalue weighted by atomic mass is 10.2. The molecule has 0 aliphatic heterocycles. The van der Waals surface area contributed by atoms with Crippen LogP contribution in [-0.2, 0) is 10.1 Å². The second kappa shape index (κ2) is 9.95. The highest BCUT2D eigenvalue weighted by atomic mass is 127. The minimum absolute atomic E-state index is 0.0300. The Morgan fingerprint density at radius 1 is 1.19 bits per heavy atom. The SMILES string of the molecule is CCCN(CCCS(=O)(=O)O)c1ccc(N=Nc2ccc(I)cn2)c(O)c1. The first-order valence-corrected chi connectivity index (χ1v) is 11.0. The van der Waals surface area contributed by atoms with Gasteiger partial charge in [-0.1, -0.05) is 6.92 Å². The molecule has 0 spiro atoms. The Kier molecular flexibility index (Phi) is 7.92. The van der Waals surface area contributed by atoms with E-state index in [2.05, 4.69) is 37.8 Å². The van der Waals surface area contributed by atoms with Crippen molar-refractivity contribution in [3.63, 3.8) is 0 Å². The molecule has 0 bridgehead atoms. The summed E-state index contributed by atoms with van der Waals surface area (Å²) in [4.78, 5) is 6.07. The van der Waals surface area contributed by atoms with Crippen LogP contribution in [0.4, 0.5) is 17.2 Å². The van der Waals surface area contributed by atoms with E-state index >= 15 is 0 Å². The molecule has 0 amide bonds. The summed E-state index contributed by atoms with van der Waals surface area (Å²) in [5.74, 6) is 0.114. The zero-order valence-electron chi connectivity index (χ0n) is 14.8. The van der Waals surface area contributed by atoms with E-state index in [1.807, 2.05) is 17.9 Å². The molecule has 0 unspecified atom stereocenters. The molecule has 2 aromatic rings. The number of hydrogen-bond acceptors (Lipinski definition) is 7. The lowest BCUT2D eigenvalue weighted by molar-refractivity contribution is 0.475. The number of phenols is 1. The lowest BCUT2D eigenvalue weighted by Crippen LogP contribution is -2.26. The molecular formula is C17H21IN4O4S. The monoisotopic (exact) mass is 504 g/mol. The topological polar surface area (TPSA) is 115 Å². The minimum atomic E-state index is -3.98. The fourth-order valence-electron chi connectivity index (χ4n) is 2.40. The highest BCUT2D eigenvalue weighted by Crippen LogP contribution is 2.32. The molecule has 0 atom stereocenters. The average molecular weight is 504 g/mol. The van der Waals surface area contributed by atoms with E-state index < -0.39 is 10.1 Å². The van der Waals surface area contributed by atoms with E-state index in [1.165, 1.54) is 0 Å². The third-order valence-electron chi connectivity index (χ3n) is 3.62. The van der Waals surface area contributed by atoms with Crippen molar-refractivity contribution >= 4 is 49.9 Å². The van der Waals surface area contributed by atoms with E-state index in [0.717, 1.165) is 15.7 Å². The van der Waals surface area contributed by atoms with Gasteiger partial charge in [0.15, 0.2) is 5.82 Å². The zero-order chi connectivity index (χ0) is 19.9. The van der Waals surface area contributed by atoms with Gasteiger partial charge in [0.1, 0.15) is 11.4 Å². The zero-order valence-corrected chi connectivity index (χ0v) is 17.8. The number of phenolic OH excluding ortho intramolecular Hbond substituents is 1. The van der Waals surface area contributed by atoms with Gasteiger partial charge >= 0.3 is 0 Å². The summed E-state index contributed by atoms with van der Waals surface area (Å²) in [6.45, 7) is 3.14. The number of pyridine rings is 1. The smallest absolute Gasteiger partial charge is 0.264 e. The Bertz CT molecular complexity index is 888. The summed E-state index contributed by atoms with van der Waals surface area (Å²) < 4.78 is 31.6. The molecular weight excluding hydrogens is 483 g/mol. The Labute approximate surface area is 172 Å². The third-order valence-corrected chi connectivity index (χ3v) is 5.06. The van der Waals surface area contributed by atoms with Crippen molar-refractivity contribution in [2.45, 2.75) is 19.8 Å². The Morgan fingerprint density at radius 2 is 1.96 bits per heavy atom. The summed E-state index contributed by atoms with van der Waals surface area (Å²) in [6.07, 6.45) is 2.82. The van der Waals surface area contributed by atoms with Gasteiger partial charge in [-0.2, -0.15) is 8.42 Å². The Balaban J connectivity index is 2.11. The predicted molar refractivity (Wildman–Crippen MR) is 113 cm³/mol. The summed E-state index contributed by atoms with van der Waals surface area (Å²) in [5, 5.41) is 18.3. The van der Waals surface area contributed by atoms with Gasteiger partial charge in [0.05, 0.1) is 5.75 Å². The molecule has 0 aliphatic rings. The first-order chi connectivity index (χ1) is 12.8. The van der Waals surface area contributed by atoms with Crippen molar-refractivity contribution in [3.8, 4) is 5.75 Å². The minimum Gasteiger partial charge on any atom is -0.506 e. The number of azo groups is 1. The molecule has 2 rings (SSSR count). The highest BCUT2D eigenvalue weighted by Gasteiger charge is 2.11. The molecule has 0 radical (unpaired) electrons. The fraction of sp³-hybridized carbons (Fsp3) is 0.353. The number of nitrogens with zero attached hydrogens (tertiary/aromatic N) is 4. The number of halogens is 1. The average Bonchev–Trinajstić information content (AvgIpc) is 2.60. The van der Waals surface area contributed by atoms with Gasteiger partial charge in [0.25, 0.3) is 10.1 Å². The van der Waals surface area contributed by atoms with Crippen LogP contribution in [0.5, 0.6) is 5.75 Å². The molecule has 0 fully saturated rings. The second-order valence-electron chi connectivity index (χ2n) is 5.83. The molecule has 146 valence electrons. The number of aromatic nitrogens is 1. The maximum Gasteiger partial charge on any atom is 0.264 e. The van der Waals surface area contributed by atoms with Gasteiger partial charge in [-0.25, -0.2) is 4.98 Å². The number of rotatable bonds is 9. The largest absolute Gasteiger partial charge is 0.506 e. The molecule has 10 heteroatoms. The molecule has 0 saturated carbocycles. The van der Waals surface area contributed by atoms with Crippen molar-refractivity contribution in [2.24, 2.45) is 10.2 Å². The van der Waals surface area contributed by atoms with Crippen molar-refractivity contribution in [1.82, 2.24) is 4.98 Å². The maximum atomic E-state index is 10.9. The van der Waals surface area contributed by atoms with Crippen LogP contribution in [0, 0.1) is 3.57 Å². The standard InChI is InChI=1S/C17H21IN4O4S/c1-2-8-22(9-3-10-27(24,25)26)14-5-6-15(16(23)11-14)20-21-17-7-4-13(18)12-19-17/h4-7,11-12,23H,2-3,8-10H2,1H3,(H,24,25,26). The number of benzene rings is 1. The Hall–Kier alpha value is -1.79. The van der Waals surface area contributed by atoms with Gasteiger partial charge in [0, 0.05) is 34.6 Å². The van der Waals surface area contributed by atoms with Gasteiger partial charge in [0.2, 0.25) is 0 Å². The second-order valence-corrected chi connectivity index (χ2v) is 8.65. The van der Waals surface area contributed by atoms with E-state index in [9.17, 15) is 13.5 Å². The van der Waals surface area contributed by atoms with Crippen LogP contribution in [0.25, 0.3) is 0 Å². The van der Waals surface area contributed by atoms with E-state index in [4.69, 9.17) is 4.55 Å². The van der Waals surface area contributed by atoms with Gasteiger partial charge in [-0.05, 0) is 59.7 Å². The van der Waals surface area contributed by atoms with E-state index in [0.29, 0.717) is 31.0 Å². The van der Waals surface area contributed by atoms with E-state index in [-0.39, 0.29) is 11.5 Å². The van der Waals surface area contributed by atoms with Gasteiger partial charge in [-0.15, -0.1) is 10.2 Å². The summed E-state index contributed by atoms with van der Waals surface area (Å²) in [6, 6.07) is 8.60. The lowest BCUT2D eigenvalue weighted by Gasteiger charge is -2.24. The normalized spacial score (nSPS) is 11.8. The Morgan fingerprint density at radius 3 is 2.56 bits per heavy atom. The summed E-state index contributed by atoms with van der Waals surface area (Å²) >= 11 is 2.15. The summed E-state index contributed by atoms with van der Waals surface area (Å²) in [7, 11) is -3.98. The van der Waals surface area contributed by atoms with Crippen LogP contribution < -0.4 is 4.90 Å². The van der Waals surface area contributed by atoms with Crippen molar-refractivity contribution < 1.29 is 18.1 Å². The first-order valence-electron chi connectivity index (χ1n) is 8.35. The molecule has 0 saturated heterocycles. The molecule has 2 N–H and O–H groups in total. The first kappa shape index (κ1) is 21.5. The molecule has 1 aromatic carbocycles. The van der Waals surface area contributed by atoms with Crippen molar-refractivity contribution in [3.05, 3.63) is 40.1 Å². The molecule has 27 heavy (non-hydrogen) atoms. The van der Waals surface area contributed by atoms with Gasteiger partial charge in [-0.3, -0.25) is 4.55 Å². The number of aromatic hydroxyl groups is 1. The van der Waals surface area contributed by atoms with Crippen molar-refractivity contribution in [1.29, 1.82) is 0 Å². The van der Waals surface area contributed by atoms with E-state index in [1.54, 1.807) is 30.5 Å². The molecule has 0 aliphatic carbocycles. The molecule has 1 aromatic heterocycles. The predicted octanol–water partition coefficient (Wildman–Crippen LogP) is 4.30. The van der Waals surface area contributed by atoms with Crippen LogP contribution in [0.2, 0.25) is 0 Å². The molecule has 1 heterocycles. The van der Waals surface area contributed by atoms with Gasteiger partial charge < -0.3 is 10.0 Å². The van der Waals surface area contributed by atoms with Crippen LogP contribution in [0.3, 0.4) is 0 Å².